The van der Waals surface area contributed by atoms with Gasteiger partial charge in [-0.25, -0.2) is 14.4 Å². The zero-order valence-electron chi connectivity index (χ0n) is 23.4. The molecule has 4 aromatic rings. The first-order valence-corrected chi connectivity index (χ1v) is 13.7. The fourth-order valence-electron chi connectivity index (χ4n) is 4.69. The summed E-state index contributed by atoms with van der Waals surface area (Å²) < 4.78 is 35.6. The van der Waals surface area contributed by atoms with Crippen molar-refractivity contribution in [2.75, 3.05) is 25.5 Å². The number of aryl methyl sites for hydroxylation is 1. The fraction of sp³-hybridized carbons (Fsp3) is 0.367. The number of anilines is 2. The molecule has 0 saturated carbocycles. The van der Waals surface area contributed by atoms with Crippen molar-refractivity contribution < 1.29 is 18.3 Å². The van der Waals surface area contributed by atoms with Gasteiger partial charge in [0.05, 0.1) is 19.0 Å². The minimum Gasteiger partial charge on any atom is -0.494 e. The average Bonchev–Trinajstić information content (AvgIpc) is 3.40. The van der Waals surface area contributed by atoms with Crippen LogP contribution in [0, 0.1) is 11.6 Å². The third kappa shape index (κ3) is 7.51. The summed E-state index contributed by atoms with van der Waals surface area (Å²) in [6.45, 7) is 3.39. The number of rotatable bonds is 14. The van der Waals surface area contributed by atoms with E-state index in [1.54, 1.807) is 22.9 Å². The Balaban J connectivity index is 0.00000462. The maximum atomic E-state index is 14.8. The summed E-state index contributed by atoms with van der Waals surface area (Å²) in [7, 11) is 1.28. The number of hydrogen-bond donors (Lipinski definition) is 3. The molecule has 0 unspecified atom stereocenters. The number of nitrogens with one attached hydrogen (secondary N) is 2. The van der Waals surface area contributed by atoms with Crippen LogP contribution in [-0.2, 0) is 6.42 Å². The second kappa shape index (κ2) is 15.3. The molecule has 0 aliphatic rings. The van der Waals surface area contributed by atoms with E-state index in [0.717, 1.165) is 49.9 Å². The first-order valence-electron chi connectivity index (χ1n) is 13.7. The Morgan fingerprint density at radius 3 is 2.51 bits per heavy atom. The van der Waals surface area contributed by atoms with Crippen LogP contribution in [0.2, 0.25) is 0 Å². The van der Waals surface area contributed by atoms with Crippen LogP contribution in [0.25, 0.3) is 16.9 Å². The monoisotopic (exact) mass is 586 g/mol. The van der Waals surface area contributed by atoms with Crippen molar-refractivity contribution in [3.05, 3.63) is 71.7 Å². The lowest BCUT2D eigenvalue weighted by atomic mass is 10.0. The molecule has 8 nitrogen and oxygen atoms in total. The third-order valence-corrected chi connectivity index (χ3v) is 6.88. The number of ether oxygens (including phenoxy) is 1. The number of methoxy groups -OCH3 is 1. The van der Waals surface area contributed by atoms with E-state index in [1.165, 1.54) is 31.9 Å². The number of nitrogens with two attached hydrogens (primary N) is 1. The summed E-state index contributed by atoms with van der Waals surface area (Å²) in [5, 5.41) is 6.29. The lowest BCUT2D eigenvalue weighted by Crippen LogP contribution is -2.25. The Morgan fingerprint density at radius 1 is 1.02 bits per heavy atom. The number of unbranched alkanes of at least 4 members (excludes halogenated alkanes) is 5. The molecule has 11 heteroatoms. The molecule has 0 aliphatic carbocycles. The molecule has 2 aromatic heterocycles. The van der Waals surface area contributed by atoms with Crippen molar-refractivity contribution in [2.24, 2.45) is 5.73 Å². The molecule has 2 aromatic carbocycles. The van der Waals surface area contributed by atoms with Crippen molar-refractivity contribution in [1.29, 1.82) is 0 Å². The first-order chi connectivity index (χ1) is 19.5. The van der Waals surface area contributed by atoms with Crippen LogP contribution in [0.1, 0.15) is 61.4 Å². The number of nitrogens with zero attached hydrogens (tertiary/aromatic N) is 3. The number of benzene rings is 2. The van der Waals surface area contributed by atoms with Gasteiger partial charge < -0.3 is 21.1 Å². The van der Waals surface area contributed by atoms with Gasteiger partial charge in [-0.05, 0) is 61.7 Å². The van der Waals surface area contributed by atoms with E-state index >= 15 is 0 Å². The summed E-state index contributed by atoms with van der Waals surface area (Å²) >= 11 is 0. The fourth-order valence-corrected chi connectivity index (χ4v) is 4.69. The largest absolute Gasteiger partial charge is 0.494 e. The van der Waals surface area contributed by atoms with Gasteiger partial charge in [-0.1, -0.05) is 32.6 Å². The molecule has 0 atom stereocenters. The number of carbonyl (C=O) groups excluding carboxylic acids is 1. The Kier molecular flexibility index (Phi) is 11.9. The number of halogens is 3. The highest BCUT2D eigenvalue weighted by atomic mass is 35.5. The first kappa shape index (κ1) is 31.8. The van der Waals surface area contributed by atoms with E-state index in [0.29, 0.717) is 35.7 Å². The van der Waals surface area contributed by atoms with E-state index < -0.39 is 11.6 Å². The van der Waals surface area contributed by atoms with Crippen LogP contribution in [0.4, 0.5) is 20.3 Å². The summed E-state index contributed by atoms with van der Waals surface area (Å²) in [4.78, 5) is 21.6. The van der Waals surface area contributed by atoms with Crippen LogP contribution < -0.4 is 21.1 Å². The van der Waals surface area contributed by atoms with Gasteiger partial charge in [-0.2, -0.15) is 4.39 Å². The molecule has 41 heavy (non-hydrogen) atoms. The lowest BCUT2D eigenvalue weighted by Gasteiger charge is -2.13. The van der Waals surface area contributed by atoms with Crippen LogP contribution in [-0.4, -0.2) is 40.5 Å². The zero-order chi connectivity index (χ0) is 28.5. The van der Waals surface area contributed by atoms with Crippen LogP contribution >= 0.6 is 12.4 Å². The molecule has 1 amide bonds. The standard InChI is InChI=1S/C30H36F2N6O2.ClH/c1-3-20-18-21(10-11-22(20)30(39)35-15-9-7-5-4-6-8-14-33)37-28-29-36-19-24(38(29)17-16-34-28)23-12-13-25(40-2)27(32)26(23)31;/h10-13,16-19H,3-9,14-15,33H2,1-2H3,(H,34,37)(H,35,39);1H. The average molecular weight is 587 g/mol. The maximum absolute atomic E-state index is 14.8. The van der Waals surface area contributed by atoms with Gasteiger partial charge in [0.15, 0.2) is 23.0 Å². The normalized spacial score (nSPS) is 10.9. The van der Waals surface area contributed by atoms with E-state index in [2.05, 4.69) is 20.6 Å². The Bertz CT molecular complexity index is 1460. The van der Waals surface area contributed by atoms with Crippen molar-refractivity contribution in [1.82, 2.24) is 19.7 Å². The highest BCUT2D eigenvalue weighted by molar-refractivity contribution is 5.96. The van der Waals surface area contributed by atoms with Crippen molar-refractivity contribution >= 4 is 35.5 Å². The van der Waals surface area contributed by atoms with Gasteiger partial charge in [0.2, 0.25) is 5.82 Å². The Labute approximate surface area is 245 Å². The van der Waals surface area contributed by atoms with Crippen LogP contribution in [0.5, 0.6) is 5.75 Å². The highest BCUT2D eigenvalue weighted by Gasteiger charge is 2.19. The SMILES string of the molecule is CCc1cc(Nc2nccn3c(-c4ccc(OC)c(F)c4F)cnc23)ccc1C(=O)NCCCCCCCCN.Cl. The minimum atomic E-state index is -1.06. The molecule has 0 aliphatic heterocycles. The van der Waals surface area contributed by atoms with Crippen LogP contribution in [0.3, 0.4) is 0 Å². The highest BCUT2D eigenvalue weighted by Crippen LogP contribution is 2.31. The second-order valence-electron chi connectivity index (χ2n) is 9.57. The molecule has 220 valence electrons. The maximum Gasteiger partial charge on any atom is 0.251 e. The number of imidazole rings is 1. The molecule has 0 spiro atoms. The van der Waals surface area contributed by atoms with Crippen molar-refractivity contribution in [3.63, 3.8) is 0 Å². The third-order valence-electron chi connectivity index (χ3n) is 6.88. The van der Waals surface area contributed by atoms with E-state index in [1.807, 2.05) is 19.1 Å². The molecule has 2 heterocycles. The van der Waals surface area contributed by atoms with E-state index in [4.69, 9.17) is 10.5 Å². The van der Waals surface area contributed by atoms with Gasteiger partial charge >= 0.3 is 0 Å². The van der Waals surface area contributed by atoms with Crippen molar-refractivity contribution in [3.8, 4) is 17.0 Å². The summed E-state index contributed by atoms with van der Waals surface area (Å²) in [6, 6.07) is 8.37. The summed E-state index contributed by atoms with van der Waals surface area (Å²) in [5.74, 6) is -1.89. The zero-order valence-corrected chi connectivity index (χ0v) is 24.2. The molecule has 0 radical (unpaired) electrons. The number of aromatic nitrogens is 3. The Morgan fingerprint density at radius 2 is 1.78 bits per heavy atom. The van der Waals surface area contributed by atoms with E-state index in [-0.39, 0.29) is 29.6 Å². The number of carbonyl (C=O) groups is 1. The molecular formula is C30H37ClF2N6O2. The van der Waals surface area contributed by atoms with Gasteiger partial charge in [-0.15, -0.1) is 12.4 Å². The number of amides is 1. The minimum absolute atomic E-state index is 0. The Hall–Kier alpha value is -3.76. The van der Waals surface area contributed by atoms with Crippen LogP contribution in [0.15, 0.2) is 48.9 Å². The number of hydrogen-bond acceptors (Lipinski definition) is 6. The predicted molar refractivity (Wildman–Crippen MR) is 160 cm³/mol. The summed E-state index contributed by atoms with van der Waals surface area (Å²) in [5.41, 5.74) is 8.67. The van der Waals surface area contributed by atoms with Gasteiger partial charge in [0.25, 0.3) is 5.91 Å². The van der Waals surface area contributed by atoms with Gasteiger partial charge in [0.1, 0.15) is 0 Å². The molecular weight excluding hydrogens is 550 g/mol. The summed E-state index contributed by atoms with van der Waals surface area (Å²) in [6.07, 6.45) is 11.9. The van der Waals surface area contributed by atoms with E-state index in [9.17, 15) is 13.6 Å². The smallest absolute Gasteiger partial charge is 0.251 e. The molecule has 4 rings (SSSR count). The second-order valence-corrected chi connectivity index (χ2v) is 9.57. The molecule has 0 saturated heterocycles. The molecule has 0 bridgehead atoms. The van der Waals surface area contributed by atoms with Crippen molar-refractivity contribution in [2.45, 2.75) is 51.9 Å². The number of fused-ring (bicyclic) bond motifs is 1. The van der Waals surface area contributed by atoms with Gasteiger partial charge in [0, 0.05) is 35.8 Å². The quantitative estimate of drug-likeness (QED) is 0.147. The molecule has 0 fully saturated rings. The topological polar surface area (TPSA) is 107 Å². The van der Waals surface area contributed by atoms with Gasteiger partial charge in [-0.3, -0.25) is 9.20 Å². The predicted octanol–water partition coefficient (Wildman–Crippen LogP) is 6.44. The lowest BCUT2D eigenvalue weighted by molar-refractivity contribution is 0.0952. The molecule has 4 N–H and O–H groups in total.